The molecule has 2 aliphatic heterocycles. The maximum atomic E-state index is 11.0. The predicted octanol–water partition coefficient (Wildman–Crippen LogP) is 1.33. The lowest BCUT2D eigenvalue weighted by atomic mass is 9.97. The molecule has 2 saturated heterocycles. The van der Waals surface area contributed by atoms with Gasteiger partial charge >= 0.3 is 5.97 Å². The molecule has 0 amide bonds. The lowest BCUT2D eigenvalue weighted by molar-refractivity contribution is -0.142. The van der Waals surface area contributed by atoms with E-state index in [-0.39, 0.29) is 5.92 Å². The van der Waals surface area contributed by atoms with Crippen LogP contribution in [0.4, 0.5) is 11.6 Å². The van der Waals surface area contributed by atoms with Gasteiger partial charge in [-0.3, -0.25) is 4.79 Å². The summed E-state index contributed by atoms with van der Waals surface area (Å²) in [6, 6.07) is 0. The first-order chi connectivity index (χ1) is 10.2. The monoisotopic (exact) mass is 308 g/mol. The number of aliphatic carboxylic acids is 1. The molecule has 0 unspecified atom stereocenters. The number of thioether (sulfide) groups is 1. The summed E-state index contributed by atoms with van der Waals surface area (Å²) in [5, 5.41) is 9.03. The molecule has 7 heteroatoms. The quantitative estimate of drug-likeness (QED) is 0.903. The van der Waals surface area contributed by atoms with E-state index in [0.29, 0.717) is 12.8 Å². The van der Waals surface area contributed by atoms with Gasteiger partial charge < -0.3 is 14.9 Å². The number of anilines is 2. The van der Waals surface area contributed by atoms with E-state index in [1.807, 2.05) is 24.2 Å². The Morgan fingerprint density at radius 3 is 2.29 bits per heavy atom. The second-order valence-corrected chi connectivity index (χ2v) is 6.66. The number of rotatable bonds is 3. The zero-order valence-electron chi connectivity index (χ0n) is 11.9. The van der Waals surface area contributed by atoms with Crippen LogP contribution in [0, 0.1) is 5.92 Å². The van der Waals surface area contributed by atoms with Gasteiger partial charge in [-0.05, 0) is 12.8 Å². The lowest BCUT2D eigenvalue weighted by Gasteiger charge is -2.32. The van der Waals surface area contributed by atoms with Gasteiger partial charge in [0.1, 0.15) is 0 Å². The van der Waals surface area contributed by atoms with Crippen LogP contribution >= 0.6 is 11.8 Å². The van der Waals surface area contributed by atoms with Crippen molar-refractivity contribution in [1.82, 2.24) is 9.97 Å². The van der Waals surface area contributed by atoms with Crippen LogP contribution in [0.3, 0.4) is 0 Å². The first-order valence-corrected chi connectivity index (χ1v) is 8.52. The van der Waals surface area contributed by atoms with E-state index in [9.17, 15) is 4.79 Å². The summed E-state index contributed by atoms with van der Waals surface area (Å²) in [5.74, 6) is 2.19. The molecule has 3 rings (SSSR count). The fourth-order valence-electron chi connectivity index (χ4n) is 2.79. The van der Waals surface area contributed by atoms with Crippen LogP contribution in [0.1, 0.15) is 12.8 Å². The number of carbonyl (C=O) groups is 1. The van der Waals surface area contributed by atoms with Crippen molar-refractivity contribution in [3.05, 3.63) is 12.4 Å². The molecule has 0 saturated carbocycles. The largest absolute Gasteiger partial charge is 0.481 e. The van der Waals surface area contributed by atoms with E-state index in [1.165, 1.54) is 0 Å². The van der Waals surface area contributed by atoms with Crippen LogP contribution in [0.5, 0.6) is 0 Å². The number of nitrogens with zero attached hydrogens (tertiary/aromatic N) is 4. The number of piperidine rings is 1. The van der Waals surface area contributed by atoms with Gasteiger partial charge in [0, 0.05) is 37.7 Å². The van der Waals surface area contributed by atoms with Crippen LogP contribution in [-0.4, -0.2) is 58.7 Å². The standard InChI is InChI=1S/C14H20N4O2S/c19-13(20)11-1-3-17(4-2-11)12-9-15-14(16-10-12)18-5-7-21-8-6-18/h9-11H,1-8H2,(H,19,20). The Hall–Kier alpha value is -1.50. The highest BCUT2D eigenvalue weighted by molar-refractivity contribution is 7.99. The average molecular weight is 308 g/mol. The Bertz CT molecular complexity index is 482. The Morgan fingerprint density at radius 2 is 1.71 bits per heavy atom. The summed E-state index contributed by atoms with van der Waals surface area (Å²) < 4.78 is 0. The van der Waals surface area contributed by atoms with Crippen molar-refractivity contribution in [2.24, 2.45) is 5.92 Å². The SMILES string of the molecule is O=C(O)C1CCN(c2cnc(N3CCSCC3)nc2)CC1. The molecule has 0 aromatic carbocycles. The molecule has 1 aromatic heterocycles. The molecule has 0 atom stereocenters. The van der Waals surface area contributed by atoms with Crippen molar-refractivity contribution in [2.75, 3.05) is 47.5 Å². The van der Waals surface area contributed by atoms with Gasteiger partial charge in [-0.1, -0.05) is 0 Å². The predicted molar refractivity (Wildman–Crippen MR) is 84.1 cm³/mol. The Labute approximate surface area is 128 Å². The van der Waals surface area contributed by atoms with Crippen molar-refractivity contribution in [2.45, 2.75) is 12.8 Å². The molecule has 0 radical (unpaired) electrons. The minimum atomic E-state index is -0.677. The van der Waals surface area contributed by atoms with Crippen LogP contribution in [0.25, 0.3) is 0 Å². The van der Waals surface area contributed by atoms with Gasteiger partial charge in [-0.25, -0.2) is 9.97 Å². The normalized spacial score (nSPS) is 20.6. The average Bonchev–Trinajstić information content (AvgIpc) is 2.56. The molecule has 2 aliphatic rings. The van der Waals surface area contributed by atoms with E-state index in [4.69, 9.17) is 5.11 Å². The van der Waals surface area contributed by atoms with Gasteiger partial charge in [0.2, 0.25) is 5.95 Å². The maximum Gasteiger partial charge on any atom is 0.306 e. The summed E-state index contributed by atoms with van der Waals surface area (Å²) in [6.07, 6.45) is 5.12. The third-order valence-electron chi connectivity index (χ3n) is 4.13. The zero-order valence-corrected chi connectivity index (χ0v) is 12.8. The van der Waals surface area contributed by atoms with E-state index < -0.39 is 5.97 Å². The van der Waals surface area contributed by atoms with Crippen molar-refractivity contribution < 1.29 is 9.90 Å². The van der Waals surface area contributed by atoms with Crippen LogP contribution in [0.2, 0.25) is 0 Å². The minimum absolute atomic E-state index is 0.202. The number of aromatic nitrogens is 2. The first kappa shape index (κ1) is 14.4. The third kappa shape index (κ3) is 3.40. The van der Waals surface area contributed by atoms with Crippen LogP contribution in [-0.2, 0) is 4.79 Å². The summed E-state index contributed by atoms with van der Waals surface area (Å²) >= 11 is 1.97. The Morgan fingerprint density at radius 1 is 1.10 bits per heavy atom. The maximum absolute atomic E-state index is 11.0. The minimum Gasteiger partial charge on any atom is -0.481 e. The molecule has 0 spiro atoms. The van der Waals surface area contributed by atoms with Crippen molar-refractivity contribution in [3.8, 4) is 0 Å². The smallest absolute Gasteiger partial charge is 0.306 e. The Kier molecular flexibility index (Phi) is 4.48. The van der Waals surface area contributed by atoms with Gasteiger partial charge in [0.25, 0.3) is 0 Å². The fraction of sp³-hybridized carbons (Fsp3) is 0.643. The molecule has 3 heterocycles. The van der Waals surface area contributed by atoms with Crippen molar-refractivity contribution in [1.29, 1.82) is 0 Å². The second kappa shape index (κ2) is 6.51. The second-order valence-electron chi connectivity index (χ2n) is 5.44. The molecule has 21 heavy (non-hydrogen) atoms. The lowest BCUT2D eigenvalue weighted by Crippen LogP contribution is -2.37. The molecular formula is C14H20N4O2S. The number of carboxylic acid groups (broad SMARTS) is 1. The van der Waals surface area contributed by atoms with E-state index in [1.54, 1.807) is 0 Å². The molecule has 114 valence electrons. The zero-order chi connectivity index (χ0) is 14.7. The molecule has 0 aliphatic carbocycles. The molecule has 1 N–H and O–H groups in total. The number of carboxylic acids is 1. The Balaban J connectivity index is 1.61. The van der Waals surface area contributed by atoms with Crippen LogP contribution in [0.15, 0.2) is 12.4 Å². The van der Waals surface area contributed by atoms with Crippen LogP contribution < -0.4 is 9.80 Å². The summed E-state index contributed by atoms with van der Waals surface area (Å²) in [7, 11) is 0. The summed E-state index contributed by atoms with van der Waals surface area (Å²) in [4.78, 5) is 24.3. The summed E-state index contributed by atoms with van der Waals surface area (Å²) in [6.45, 7) is 3.54. The molecule has 0 bridgehead atoms. The van der Waals surface area contributed by atoms with Gasteiger partial charge in [0.05, 0.1) is 24.0 Å². The third-order valence-corrected chi connectivity index (χ3v) is 5.07. The molecule has 6 nitrogen and oxygen atoms in total. The highest BCUT2D eigenvalue weighted by Crippen LogP contribution is 2.23. The molecule has 1 aromatic rings. The van der Waals surface area contributed by atoms with E-state index in [2.05, 4.69) is 19.8 Å². The fourth-order valence-corrected chi connectivity index (χ4v) is 3.69. The highest BCUT2D eigenvalue weighted by Gasteiger charge is 2.25. The molecule has 2 fully saturated rings. The number of hydrogen-bond donors (Lipinski definition) is 1. The van der Waals surface area contributed by atoms with E-state index >= 15 is 0 Å². The highest BCUT2D eigenvalue weighted by atomic mass is 32.2. The van der Waals surface area contributed by atoms with Gasteiger partial charge in [0.15, 0.2) is 0 Å². The van der Waals surface area contributed by atoms with Gasteiger partial charge in [-0.15, -0.1) is 0 Å². The topological polar surface area (TPSA) is 69.6 Å². The number of hydrogen-bond acceptors (Lipinski definition) is 6. The van der Waals surface area contributed by atoms with Gasteiger partial charge in [-0.2, -0.15) is 11.8 Å². The first-order valence-electron chi connectivity index (χ1n) is 7.36. The van der Waals surface area contributed by atoms with E-state index in [0.717, 1.165) is 49.3 Å². The summed E-state index contributed by atoms with van der Waals surface area (Å²) in [5.41, 5.74) is 0.994. The van der Waals surface area contributed by atoms with Crippen molar-refractivity contribution >= 4 is 29.4 Å². The molecular weight excluding hydrogens is 288 g/mol. The van der Waals surface area contributed by atoms with Crippen molar-refractivity contribution in [3.63, 3.8) is 0 Å².